The standard InChI is InChI=1S/C20H23Cl2N5O2/c1-23-20(25-11-13-9-16(22)18-17(10-13)28-7-8-29-18)26-14-4-6-27(12-14)19-15(21)3-2-5-24-19/h2-3,5,9-10,14H,4,6-8,11-12H2,1H3,(H2,23,25,26). The fourth-order valence-electron chi connectivity index (χ4n) is 3.52. The molecule has 2 aliphatic rings. The number of guanidine groups is 1. The molecule has 29 heavy (non-hydrogen) atoms. The maximum atomic E-state index is 6.32. The molecule has 0 bridgehead atoms. The first kappa shape index (κ1) is 19.9. The lowest BCUT2D eigenvalue weighted by atomic mass is 10.2. The predicted molar refractivity (Wildman–Crippen MR) is 116 cm³/mol. The van der Waals surface area contributed by atoms with E-state index in [0.717, 1.165) is 36.9 Å². The molecule has 1 atom stereocenters. The van der Waals surface area contributed by atoms with Gasteiger partial charge in [-0.25, -0.2) is 4.98 Å². The zero-order valence-electron chi connectivity index (χ0n) is 16.1. The van der Waals surface area contributed by atoms with Gasteiger partial charge >= 0.3 is 0 Å². The Morgan fingerprint density at radius 1 is 1.28 bits per heavy atom. The van der Waals surface area contributed by atoms with E-state index in [9.17, 15) is 0 Å². The molecule has 0 saturated carbocycles. The predicted octanol–water partition coefficient (Wildman–Crippen LogP) is 3.10. The van der Waals surface area contributed by atoms with Gasteiger partial charge in [-0.05, 0) is 36.2 Å². The highest BCUT2D eigenvalue weighted by atomic mass is 35.5. The number of nitrogens with one attached hydrogen (secondary N) is 2. The summed E-state index contributed by atoms with van der Waals surface area (Å²) in [6.07, 6.45) is 2.74. The summed E-state index contributed by atoms with van der Waals surface area (Å²) in [6, 6.07) is 7.79. The summed E-state index contributed by atoms with van der Waals surface area (Å²) in [5.41, 5.74) is 0.996. The molecule has 1 fully saturated rings. The lowest BCUT2D eigenvalue weighted by Gasteiger charge is -2.21. The number of rotatable bonds is 4. The largest absolute Gasteiger partial charge is 0.486 e. The summed E-state index contributed by atoms with van der Waals surface area (Å²) in [6.45, 7) is 3.32. The third kappa shape index (κ3) is 4.62. The van der Waals surface area contributed by atoms with Gasteiger partial charge in [-0.15, -0.1) is 0 Å². The van der Waals surface area contributed by atoms with Crippen molar-refractivity contribution in [2.24, 2.45) is 4.99 Å². The molecule has 4 rings (SSSR count). The van der Waals surface area contributed by atoms with Crippen molar-refractivity contribution in [1.82, 2.24) is 15.6 Å². The van der Waals surface area contributed by atoms with Crippen LogP contribution in [0.15, 0.2) is 35.5 Å². The lowest BCUT2D eigenvalue weighted by Crippen LogP contribution is -2.44. The molecule has 3 heterocycles. The summed E-state index contributed by atoms with van der Waals surface area (Å²) in [4.78, 5) is 10.9. The molecule has 0 amide bonds. The topological polar surface area (TPSA) is 71.0 Å². The SMILES string of the molecule is CN=C(NCc1cc(Cl)c2c(c1)OCCO2)NC1CCN(c2ncccc2Cl)C1. The van der Waals surface area contributed by atoms with Gasteiger partial charge in [0.1, 0.15) is 19.0 Å². The molecular weight excluding hydrogens is 413 g/mol. The first-order valence-electron chi connectivity index (χ1n) is 9.54. The van der Waals surface area contributed by atoms with Crippen LogP contribution >= 0.6 is 23.2 Å². The number of anilines is 1. The number of hydrogen-bond acceptors (Lipinski definition) is 5. The van der Waals surface area contributed by atoms with Gasteiger partial charge in [0.2, 0.25) is 0 Å². The monoisotopic (exact) mass is 435 g/mol. The summed E-state index contributed by atoms with van der Waals surface area (Å²) in [5, 5.41) is 8.03. The minimum Gasteiger partial charge on any atom is -0.486 e. The first-order valence-corrected chi connectivity index (χ1v) is 10.3. The fraction of sp³-hybridized carbons (Fsp3) is 0.400. The van der Waals surface area contributed by atoms with Crippen molar-refractivity contribution >= 4 is 35.0 Å². The van der Waals surface area contributed by atoms with Gasteiger partial charge in [-0.1, -0.05) is 23.2 Å². The molecule has 0 radical (unpaired) electrons. The smallest absolute Gasteiger partial charge is 0.191 e. The summed E-state index contributed by atoms with van der Waals surface area (Å²) in [7, 11) is 1.76. The Morgan fingerprint density at radius 3 is 2.97 bits per heavy atom. The van der Waals surface area contributed by atoms with Crippen molar-refractivity contribution in [3.05, 3.63) is 46.1 Å². The van der Waals surface area contributed by atoms with E-state index in [1.165, 1.54) is 0 Å². The van der Waals surface area contributed by atoms with Gasteiger partial charge in [0.25, 0.3) is 0 Å². The second kappa shape index (κ2) is 8.97. The van der Waals surface area contributed by atoms with E-state index in [1.54, 1.807) is 13.2 Å². The Morgan fingerprint density at radius 2 is 2.14 bits per heavy atom. The van der Waals surface area contributed by atoms with Crippen molar-refractivity contribution in [2.75, 3.05) is 38.3 Å². The van der Waals surface area contributed by atoms with Crippen LogP contribution in [0.3, 0.4) is 0 Å². The van der Waals surface area contributed by atoms with Gasteiger partial charge in [0.05, 0.1) is 10.0 Å². The van der Waals surface area contributed by atoms with Crippen LogP contribution in [0.5, 0.6) is 11.5 Å². The molecule has 9 heteroatoms. The Kier molecular flexibility index (Phi) is 6.16. The van der Waals surface area contributed by atoms with E-state index in [2.05, 4.69) is 25.5 Å². The van der Waals surface area contributed by atoms with Crippen LogP contribution in [-0.2, 0) is 6.54 Å². The quantitative estimate of drug-likeness (QED) is 0.567. The van der Waals surface area contributed by atoms with Crippen LogP contribution in [-0.4, -0.2) is 50.3 Å². The summed E-state index contributed by atoms with van der Waals surface area (Å²) >= 11 is 12.6. The molecule has 2 aliphatic heterocycles. The number of ether oxygens (including phenoxy) is 2. The number of aliphatic imine (C=N–C) groups is 1. The van der Waals surface area contributed by atoms with E-state index in [1.807, 2.05) is 24.3 Å². The fourth-order valence-corrected chi connectivity index (χ4v) is 4.05. The highest BCUT2D eigenvalue weighted by Gasteiger charge is 2.25. The summed E-state index contributed by atoms with van der Waals surface area (Å²) < 4.78 is 11.2. The third-order valence-electron chi connectivity index (χ3n) is 4.91. The van der Waals surface area contributed by atoms with Crippen molar-refractivity contribution in [3.63, 3.8) is 0 Å². The van der Waals surface area contributed by atoms with Gasteiger partial charge in [0.15, 0.2) is 17.5 Å². The maximum absolute atomic E-state index is 6.32. The molecule has 0 spiro atoms. The number of halogens is 2. The van der Waals surface area contributed by atoms with Gasteiger partial charge in [-0.2, -0.15) is 0 Å². The zero-order valence-corrected chi connectivity index (χ0v) is 17.6. The molecule has 2 N–H and O–H groups in total. The second-order valence-corrected chi connectivity index (χ2v) is 7.73. The Hall–Kier alpha value is -2.38. The van der Waals surface area contributed by atoms with Gasteiger partial charge in [-0.3, -0.25) is 4.99 Å². The Bertz CT molecular complexity index is 908. The lowest BCUT2D eigenvalue weighted by molar-refractivity contribution is 0.171. The highest BCUT2D eigenvalue weighted by Crippen LogP contribution is 2.38. The van der Waals surface area contributed by atoms with Crippen LogP contribution < -0.4 is 25.0 Å². The average Bonchev–Trinajstić information content (AvgIpc) is 3.20. The number of nitrogens with zero attached hydrogens (tertiary/aromatic N) is 3. The molecule has 1 aromatic heterocycles. The number of pyridine rings is 1. The molecule has 1 saturated heterocycles. The second-order valence-electron chi connectivity index (χ2n) is 6.91. The third-order valence-corrected chi connectivity index (χ3v) is 5.48. The van der Waals surface area contributed by atoms with Gasteiger partial charge < -0.3 is 25.0 Å². The summed E-state index contributed by atoms with van der Waals surface area (Å²) in [5.74, 6) is 2.85. The zero-order chi connectivity index (χ0) is 20.2. The minimum atomic E-state index is 0.253. The van der Waals surface area contributed by atoms with E-state index in [-0.39, 0.29) is 6.04 Å². The van der Waals surface area contributed by atoms with Crippen molar-refractivity contribution in [2.45, 2.75) is 19.0 Å². The Labute approximate surface area is 180 Å². The molecule has 2 aromatic rings. The van der Waals surface area contributed by atoms with Crippen molar-refractivity contribution in [3.8, 4) is 11.5 Å². The molecular formula is C20H23Cl2N5O2. The van der Waals surface area contributed by atoms with E-state index in [0.29, 0.717) is 41.3 Å². The molecule has 1 unspecified atom stereocenters. The first-order chi connectivity index (χ1) is 14.1. The van der Waals surface area contributed by atoms with Gasteiger partial charge in [0, 0.05) is 38.9 Å². The maximum Gasteiger partial charge on any atom is 0.191 e. The number of aromatic nitrogens is 1. The molecule has 7 nitrogen and oxygen atoms in total. The van der Waals surface area contributed by atoms with Crippen LogP contribution in [0.1, 0.15) is 12.0 Å². The van der Waals surface area contributed by atoms with E-state index >= 15 is 0 Å². The van der Waals surface area contributed by atoms with Crippen LogP contribution in [0.2, 0.25) is 10.0 Å². The van der Waals surface area contributed by atoms with Crippen molar-refractivity contribution in [1.29, 1.82) is 0 Å². The Balaban J connectivity index is 1.34. The van der Waals surface area contributed by atoms with E-state index in [4.69, 9.17) is 32.7 Å². The molecule has 0 aliphatic carbocycles. The number of hydrogen-bond donors (Lipinski definition) is 2. The normalized spacial score (nSPS) is 18.7. The minimum absolute atomic E-state index is 0.253. The average molecular weight is 436 g/mol. The van der Waals surface area contributed by atoms with Crippen molar-refractivity contribution < 1.29 is 9.47 Å². The number of benzene rings is 1. The molecule has 154 valence electrons. The highest BCUT2D eigenvalue weighted by molar-refractivity contribution is 6.33. The number of fused-ring (bicyclic) bond motifs is 1. The van der Waals surface area contributed by atoms with Crippen LogP contribution in [0.4, 0.5) is 5.82 Å². The van der Waals surface area contributed by atoms with Crippen LogP contribution in [0, 0.1) is 0 Å². The van der Waals surface area contributed by atoms with E-state index < -0.39 is 0 Å². The molecule has 1 aromatic carbocycles. The van der Waals surface area contributed by atoms with Crippen LogP contribution in [0.25, 0.3) is 0 Å².